The van der Waals surface area contributed by atoms with Gasteiger partial charge in [-0.3, -0.25) is 9.69 Å². The van der Waals surface area contributed by atoms with Crippen molar-refractivity contribution in [2.24, 2.45) is 0 Å². The molecule has 1 aliphatic rings. The van der Waals surface area contributed by atoms with Crippen LogP contribution in [0.5, 0.6) is 0 Å². The van der Waals surface area contributed by atoms with Crippen molar-refractivity contribution in [1.29, 1.82) is 0 Å². The second-order valence-corrected chi connectivity index (χ2v) is 5.25. The lowest BCUT2D eigenvalue weighted by Crippen LogP contribution is -2.53. The molecule has 1 fully saturated rings. The fourth-order valence-electron chi connectivity index (χ4n) is 2.63. The predicted octanol–water partition coefficient (Wildman–Crippen LogP) is 2.10. The maximum atomic E-state index is 10.9. The Kier molecular flexibility index (Phi) is 4.98. The van der Waals surface area contributed by atoms with E-state index >= 15 is 0 Å². The van der Waals surface area contributed by atoms with Crippen LogP contribution in [0.1, 0.15) is 32.1 Å². The highest BCUT2D eigenvalue weighted by Gasteiger charge is 2.35. The van der Waals surface area contributed by atoms with Crippen LogP contribution in [0, 0.1) is 0 Å². The lowest BCUT2D eigenvalue weighted by atomic mass is 10.1. The molecule has 1 heterocycles. The molecule has 0 spiro atoms. The first-order chi connectivity index (χ1) is 9.60. The zero-order valence-corrected chi connectivity index (χ0v) is 11.6. The Morgan fingerprint density at radius 3 is 2.50 bits per heavy atom. The summed E-state index contributed by atoms with van der Waals surface area (Å²) in [5.41, 5.74) is 0.845. The third kappa shape index (κ3) is 3.95. The minimum Gasteiger partial charge on any atom is -0.481 e. The van der Waals surface area contributed by atoms with Crippen LogP contribution in [0.4, 0.5) is 5.69 Å². The molecule has 0 radical (unpaired) electrons. The predicted molar refractivity (Wildman–Crippen MR) is 77.3 cm³/mol. The van der Waals surface area contributed by atoms with Gasteiger partial charge in [0.1, 0.15) is 0 Å². The molecule has 0 aliphatic carbocycles. The fourth-order valence-corrected chi connectivity index (χ4v) is 2.63. The summed E-state index contributed by atoms with van der Waals surface area (Å²) in [6.45, 7) is 1.67. The number of aliphatic hydroxyl groups is 1. The van der Waals surface area contributed by atoms with Gasteiger partial charge >= 0.3 is 5.97 Å². The zero-order valence-electron chi connectivity index (χ0n) is 11.6. The molecule has 5 nitrogen and oxygen atoms in total. The number of para-hydroxylation sites is 1. The molecule has 5 heteroatoms. The Morgan fingerprint density at radius 1 is 1.25 bits per heavy atom. The molecule has 110 valence electrons. The number of rotatable bonds is 7. The molecule has 0 bridgehead atoms. The molecule has 1 atom stereocenters. The second-order valence-electron chi connectivity index (χ2n) is 5.25. The number of hydrogen-bond acceptors (Lipinski definition) is 4. The lowest BCUT2D eigenvalue weighted by Gasteiger charge is -2.38. The van der Waals surface area contributed by atoms with Crippen molar-refractivity contribution >= 4 is 11.7 Å². The van der Waals surface area contributed by atoms with Crippen LogP contribution in [0.25, 0.3) is 0 Å². The average molecular weight is 278 g/mol. The summed E-state index contributed by atoms with van der Waals surface area (Å²) >= 11 is 0. The molecular formula is C15H22N2O3. The van der Waals surface area contributed by atoms with Gasteiger partial charge in [-0.15, -0.1) is 0 Å². The first kappa shape index (κ1) is 14.8. The molecule has 20 heavy (non-hydrogen) atoms. The average Bonchev–Trinajstić information content (AvgIpc) is 2.94. The van der Waals surface area contributed by atoms with Gasteiger partial charge in [0.05, 0.1) is 0 Å². The van der Waals surface area contributed by atoms with Gasteiger partial charge in [0.2, 0.25) is 0 Å². The van der Waals surface area contributed by atoms with E-state index in [-0.39, 0.29) is 6.42 Å². The highest BCUT2D eigenvalue weighted by molar-refractivity contribution is 5.66. The number of nitrogens with zero attached hydrogens (tertiary/aromatic N) is 1. The van der Waals surface area contributed by atoms with Crippen molar-refractivity contribution in [1.82, 2.24) is 4.90 Å². The van der Waals surface area contributed by atoms with E-state index in [0.717, 1.165) is 31.6 Å². The number of carboxylic acids is 1. The van der Waals surface area contributed by atoms with Gasteiger partial charge in [0, 0.05) is 31.6 Å². The summed E-state index contributed by atoms with van der Waals surface area (Å²) < 4.78 is 0. The van der Waals surface area contributed by atoms with Gasteiger partial charge in [-0.2, -0.15) is 0 Å². The number of carbonyl (C=O) groups is 1. The summed E-state index contributed by atoms with van der Waals surface area (Å²) in [6, 6.07) is 9.54. The minimum atomic E-state index is -1.16. The van der Waals surface area contributed by atoms with Crippen molar-refractivity contribution in [2.75, 3.05) is 18.4 Å². The van der Waals surface area contributed by atoms with Crippen molar-refractivity contribution < 1.29 is 15.0 Å². The molecule has 0 aromatic heterocycles. The van der Waals surface area contributed by atoms with E-state index in [9.17, 15) is 9.90 Å². The quantitative estimate of drug-likeness (QED) is 0.666. The fraction of sp³-hybridized carbons (Fsp3) is 0.533. The molecule has 0 amide bonds. The lowest BCUT2D eigenvalue weighted by molar-refractivity contribution is -0.137. The summed E-state index contributed by atoms with van der Waals surface area (Å²) in [6.07, 6.45) is 3.05. The highest BCUT2D eigenvalue weighted by Crippen LogP contribution is 2.26. The highest BCUT2D eigenvalue weighted by atomic mass is 16.4. The van der Waals surface area contributed by atoms with E-state index in [1.807, 2.05) is 35.2 Å². The Morgan fingerprint density at radius 2 is 1.90 bits per heavy atom. The van der Waals surface area contributed by atoms with Crippen molar-refractivity contribution in [3.8, 4) is 0 Å². The topological polar surface area (TPSA) is 72.8 Å². The largest absolute Gasteiger partial charge is 0.481 e. The SMILES string of the molecule is O=C(O)CCC[C@](O)(Nc1ccccc1)N1CCCC1. The van der Waals surface area contributed by atoms with E-state index in [4.69, 9.17) is 5.11 Å². The van der Waals surface area contributed by atoms with E-state index in [0.29, 0.717) is 12.8 Å². The van der Waals surface area contributed by atoms with Crippen LogP contribution >= 0.6 is 0 Å². The molecule has 0 saturated carbocycles. The summed E-state index contributed by atoms with van der Waals surface area (Å²) in [5.74, 6) is -1.98. The molecule has 3 N–H and O–H groups in total. The number of aliphatic carboxylic acids is 1. The van der Waals surface area contributed by atoms with Gasteiger partial charge < -0.3 is 15.5 Å². The number of likely N-dealkylation sites (tertiary alicyclic amines) is 1. The maximum Gasteiger partial charge on any atom is 0.303 e. The first-order valence-electron chi connectivity index (χ1n) is 7.13. The third-order valence-corrected chi connectivity index (χ3v) is 3.66. The molecule has 1 aromatic carbocycles. The van der Waals surface area contributed by atoms with E-state index < -0.39 is 11.8 Å². The molecule has 2 rings (SSSR count). The minimum absolute atomic E-state index is 0.0760. The molecule has 1 saturated heterocycles. The van der Waals surface area contributed by atoms with Gasteiger partial charge in [-0.05, 0) is 31.4 Å². The number of hydrogen-bond donors (Lipinski definition) is 3. The zero-order chi connectivity index (χ0) is 14.4. The van der Waals surface area contributed by atoms with Gasteiger partial charge in [-0.25, -0.2) is 0 Å². The van der Waals surface area contributed by atoms with Gasteiger partial charge in [0.15, 0.2) is 5.85 Å². The number of nitrogens with one attached hydrogen (secondary N) is 1. The van der Waals surface area contributed by atoms with Crippen LogP contribution in [-0.4, -0.2) is 40.0 Å². The van der Waals surface area contributed by atoms with Crippen molar-refractivity contribution in [2.45, 2.75) is 38.0 Å². The Balaban J connectivity index is 2.04. The standard InChI is InChI=1S/C15H22N2O3/c18-14(19)9-6-10-15(20,17-11-4-5-12-17)16-13-7-2-1-3-8-13/h1-3,7-8,16,20H,4-6,9-12H2,(H,18,19)/t15-/m0/s1. The summed E-state index contributed by atoms with van der Waals surface area (Å²) in [4.78, 5) is 12.7. The molecule has 1 aliphatic heterocycles. The number of anilines is 1. The van der Waals surface area contributed by atoms with Crippen LogP contribution < -0.4 is 5.32 Å². The van der Waals surface area contributed by atoms with Crippen LogP contribution in [0.15, 0.2) is 30.3 Å². The summed E-state index contributed by atoms with van der Waals surface area (Å²) in [7, 11) is 0. The van der Waals surface area contributed by atoms with Crippen LogP contribution in [-0.2, 0) is 4.79 Å². The Hall–Kier alpha value is -1.59. The third-order valence-electron chi connectivity index (χ3n) is 3.66. The van der Waals surface area contributed by atoms with Crippen molar-refractivity contribution in [3.63, 3.8) is 0 Å². The Bertz CT molecular complexity index is 432. The maximum absolute atomic E-state index is 10.9. The van der Waals surface area contributed by atoms with Crippen molar-refractivity contribution in [3.05, 3.63) is 30.3 Å². The number of carboxylic acid groups (broad SMARTS) is 1. The van der Waals surface area contributed by atoms with E-state index in [1.54, 1.807) is 0 Å². The molecule has 0 unspecified atom stereocenters. The van der Waals surface area contributed by atoms with E-state index in [1.165, 1.54) is 0 Å². The first-order valence-corrected chi connectivity index (χ1v) is 7.13. The number of benzene rings is 1. The normalized spacial score (nSPS) is 18.6. The second kappa shape index (κ2) is 6.72. The molecule has 1 aromatic rings. The van der Waals surface area contributed by atoms with Crippen LogP contribution in [0.3, 0.4) is 0 Å². The van der Waals surface area contributed by atoms with E-state index in [2.05, 4.69) is 5.32 Å². The smallest absolute Gasteiger partial charge is 0.303 e. The van der Waals surface area contributed by atoms with Gasteiger partial charge in [-0.1, -0.05) is 18.2 Å². The van der Waals surface area contributed by atoms with Gasteiger partial charge in [0.25, 0.3) is 0 Å². The van der Waals surface area contributed by atoms with Crippen LogP contribution in [0.2, 0.25) is 0 Å². The molecular weight excluding hydrogens is 256 g/mol. The summed E-state index contributed by atoms with van der Waals surface area (Å²) in [5, 5.41) is 22.8. The Labute approximate surface area is 119 Å². The monoisotopic (exact) mass is 278 g/mol.